The van der Waals surface area contributed by atoms with E-state index in [0.717, 1.165) is 26.1 Å². The average molecular weight is 299 g/mol. The number of nitrogens with zero attached hydrogens (tertiary/aromatic N) is 2. The lowest BCUT2D eigenvalue weighted by Gasteiger charge is -2.38. The van der Waals surface area contributed by atoms with E-state index in [-0.39, 0.29) is 0 Å². The lowest BCUT2D eigenvalue weighted by atomic mass is 9.87. The van der Waals surface area contributed by atoms with Gasteiger partial charge in [0.1, 0.15) is 0 Å². The smallest absolute Gasteiger partial charge is 0.0730 e. The molecule has 0 unspecified atom stereocenters. The van der Waals surface area contributed by atoms with Gasteiger partial charge in [0.15, 0.2) is 0 Å². The van der Waals surface area contributed by atoms with Crippen LogP contribution in [0.25, 0.3) is 0 Å². The molecule has 0 bridgehead atoms. The second kappa shape index (κ2) is 7.07. The molecule has 118 valence electrons. The zero-order valence-electron chi connectivity index (χ0n) is 13.5. The van der Waals surface area contributed by atoms with Gasteiger partial charge < -0.3 is 4.74 Å². The first kappa shape index (κ1) is 15.3. The van der Waals surface area contributed by atoms with Crippen molar-refractivity contribution in [2.24, 2.45) is 5.92 Å². The third kappa shape index (κ3) is 3.57. The van der Waals surface area contributed by atoms with Crippen molar-refractivity contribution in [2.75, 3.05) is 20.2 Å². The number of aryl methyl sites for hydroxylation is 1. The van der Waals surface area contributed by atoms with Gasteiger partial charge in [-0.2, -0.15) is 5.10 Å². The van der Waals surface area contributed by atoms with Crippen LogP contribution in [0.5, 0.6) is 0 Å². The predicted molar refractivity (Wildman–Crippen MR) is 87.7 cm³/mol. The second-order valence-corrected chi connectivity index (χ2v) is 6.27. The van der Waals surface area contributed by atoms with E-state index in [2.05, 4.69) is 52.4 Å². The van der Waals surface area contributed by atoms with E-state index < -0.39 is 0 Å². The Morgan fingerprint density at radius 1 is 1.32 bits per heavy atom. The molecule has 1 saturated heterocycles. The first-order chi connectivity index (χ1) is 10.8. The number of rotatable bonds is 5. The number of methoxy groups -OCH3 is 1. The highest BCUT2D eigenvalue weighted by atomic mass is 16.5. The van der Waals surface area contributed by atoms with Gasteiger partial charge in [0.05, 0.1) is 12.3 Å². The predicted octanol–water partition coefficient (Wildman–Crippen LogP) is 2.80. The number of likely N-dealkylation sites (tertiary alicyclic amines) is 1. The van der Waals surface area contributed by atoms with Gasteiger partial charge in [-0.1, -0.05) is 30.3 Å². The van der Waals surface area contributed by atoms with Crippen LogP contribution in [0.4, 0.5) is 0 Å². The first-order valence-electron chi connectivity index (χ1n) is 8.04. The molecule has 0 aliphatic carbocycles. The molecule has 0 spiro atoms. The molecule has 1 aliphatic rings. The average Bonchev–Trinajstić information content (AvgIpc) is 2.95. The monoisotopic (exact) mass is 299 g/mol. The van der Waals surface area contributed by atoms with E-state index in [9.17, 15) is 0 Å². The lowest BCUT2D eigenvalue weighted by Crippen LogP contribution is -2.45. The minimum absolute atomic E-state index is 0.307. The Morgan fingerprint density at radius 3 is 2.82 bits per heavy atom. The van der Waals surface area contributed by atoms with E-state index in [4.69, 9.17) is 4.74 Å². The van der Waals surface area contributed by atoms with Crippen molar-refractivity contribution in [3.63, 3.8) is 0 Å². The minimum Gasteiger partial charge on any atom is -0.380 e. The first-order valence-corrected chi connectivity index (χ1v) is 8.04. The maximum atomic E-state index is 5.79. The largest absolute Gasteiger partial charge is 0.380 e. The van der Waals surface area contributed by atoms with E-state index in [1.54, 1.807) is 0 Å². The van der Waals surface area contributed by atoms with Crippen molar-refractivity contribution >= 4 is 0 Å². The van der Waals surface area contributed by atoms with E-state index >= 15 is 0 Å². The molecule has 1 fully saturated rings. The summed E-state index contributed by atoms with van der Waals surface area (Å²) in [6.45, 7) is 5.17. The number of ether oxygens (including phenoxy) is 1. The minimum atomic E-state index is 0.307. The molecule has 2 heterocycles. The summed E-state index contributed by atoms with van der Waals surface area (Å²) in [5.41, 5.74) is 3.87. The van der Waals surface area contributed by atoms with Gasteiger partial charge in [-0.15, -0.1) is 0 Å². The molecular formula is C18H25N3O. The molecule has 2 atom stereocenters. The Kier molecular flexibility index (Phi) is 4.90. The van der Waals surface area contributed by atoms with Crippen LogP contribution in [0.15, 0.2) is 36.5 Å². The normalized spacial score (nSPS) is 22.8. The van der Waals surface area contributed by atoms with Crippen LogP contribution in [0, 0.1) is 12.8 Å². The maximum absolute atomic E-state index is 5.79. The molecular weight excluding hydrogens is 274 g/mol. The Labute approximate surface area is 132 Å². The fourth-order valence-corrected chi connectivity index (χ4v) is 3.37. The molecule has 0 saturated carbocycles. The fraction of sp³-hybridized carbons (Fsp3) is 0.500. The van der Waals surface area contributed by atoms with Crippen LogP contribution >= 0.6 is 0 Å². The van der Waals surface area contributed by atoms with Crippen LogP contribution in [0.2, 0.25) is 0 Å². The van der Waals surface area contributed by atoms with Crippen LogP contribution < -0.4 is 0 Å². The standard InChI is InChI=1S/C18H25N3O/c1-14-17(11-19-20-14)12-21-9-8-16(18(13-21)22-2)10-15-6-4-3-5-7-15/h3-7,11,16,18H,8-10,12-13H2,1-2H3,(H,19,20)/t16-,18+/m1/s1. The van der Waals surface area contributed by atoms with Crippen molar-refractivity contribution in [3.8, 4) is 0 Å². The zero-order valence-corrected chi connectivity index (χ0v) is 13.5. The van der Waals surface area contributed by atoms with E-state index in [1.807, 2.05) is 13.3 Å². The van der Waals surface area contributed by atoms with Gasteiger partial charge in [0, 0.05) is 31.5 Å². The molecule has 1 aromatic carbocycles. The number of aromatic nitrogens is 2. The highest BCUT2D eigenvalue weighted by molar-refractivity contribution is 5.16. The highest BCUT2D eigenvalue weighted by Crippen LogP contribution is 2.25. The molecule has 3 rings (SSSR count). The molecule has 2 aromatic rings. The number of hydrogen-bond donors (Lipinski definition) is 1. The summed E-state index contributed by atoms with van der Waals surface area (Å²) in [4.78, 5) is 2.48. The Bertz CT molecular complexity index is 581. The topological polar surface area (TPSA) is 41.1 Å². The zero-order chi connectivity index (χ0) is 15.4. The van der Waals surface area contributed by atoms with Crippen LogP contribution in [-0.4, -0.2) is 41.4 Å². The molecule has 4 nitrogen and oxygen atoms in total. The molecule has 1 N–H and O–H groups in total. The summed E-state index contributed by atoms with van der Waals surface area (Å²) in [7, 11) is 1.84. The van der Waals surface area contributed by atoms with Crippen LogP contribution in [0.1, 0.15) is 23.2 Å². The van der Waals surface area contributed by atoms with Gasteiger partial charge in [-0.25, -0.2) is 0 Å². The van der Waals surface area contributed by atoms with Gasteiger partial charge in [-0.3, -0.25) is 10.00 Å². The highest BCUT2D eigenvalue weighted by Gasteiger charge is 2.29. The lowest BCUT2D eigenvalue weighted by molar-refractivity contribution is -0.0136. The summed E-state index contributed by atoms with van der Waals surface area (Å²) in [6, 6.07) is 10.7. The number of hydrogen-bond acceptors (Lipinski definition) is 3. The van der Waals surface area contributed by atoms with E-state index in [0.29, 0.717) is 12.0 Å². The Balaban J connectivity index is 1.60. The van der Waals surface area contributed by atoms with Crippen LogP contribution in [0.3, 0.4) is 0 Å². The van der Waals surface area contributed by atoms with Crippen molar-refractivity contribution in [1.29, 1.82) is 0 Å². The molecule has 4 heteroatoms. The molecule has 0 radical (unpaired) electrons. The third-order valence-corrected chi connectivity index (χ3v) is 4.75. The number of aromatic amines is 1. The van der Waals surface area contributed by atoms with Gasteiger partial charge >= 0.3 is 0 Å². The number of piperidine rings is 1. The van der Waals surface area contributed by atoms with Crippen molar-refractivity contribution < 1.29 is 4.74 Å². The Morgan fingerprint density at radius 2 is 2.14 bits per heavy atom. The van der Waals surface area contributed by atoms with E-state index in [1.165, 1.54) is 23.2 Å². The van der Waals surface area contributed by atoms with Gasteiger partial charge in [0.2, 0.25) is 0 Å². The molecule has 0 amide bonds. The summed E-state index contributed by atoms with van der Waals surface area (Å²) in [5.74, 6) is 0.606. The fourth-order valence-electron chi connectivity index (χ4n) is 3.37. The summed E-state index contributed by atoms with van der Waals surface area (Å²) in [5, 5.41) is 7.13. The number of benzene rings is 1. The van der Waals surface area contributed by atoms with Crippen molar-refractivity contribution in [2.45, 2.75) is 32.4 Å². The summed E-state index contributed by atoms with van der Waals surface area (Å²) < 4.78 is 5.79. The molecule has 22 heavy (non-hydrogen) atoms. The number of nitrogens with one attached hydrogen (secondary N) is 1. The Hall–Kier alpha value is -1.65. The quantitative estimate of drug-likeness (QED) is 0.923. The summed E-state index contributed by atoms with van der Waals surface area (Å²) in [6.07, 6.45) is 4.54. The van der Waals surface area contributed by atoms with Crippen molar-refractivity contribution in [1.82, 2.24) is 15.1 Å². The van der Waals surface area contributed by atoms with Crippen LogP contribution in [-0.2, 0) is 17.7 Å². The maximum Gasteiger partial charge on any atom is 0.0730 e. The van der Waals surface area contributed by atoms with Crippen molar-refractivity contribution in [3.05, 3.63) is 53.3 Å². The third-order valence-electron chi connectivity index (χ3n) is 4.75. The molecule has 1 aliphatic heterocycles. The number of H-pyrrole nitrogens is 1. The second-order valence-electron chi connectivity index (χ2n) is 6.27. The SMILES string of the molecule is CO[C@H]1CN(Cc2cn[nH]c2C)CC[C@@H]1Cc1ccccc1. The van der Waals surface area contributed by atoms with Gasteiger partial charge in [-0.05, 0) is 37.8 Å². The van der Waals surface area contributed by atoms with Gasteiger partial charge in [0.25, 0.3) is 0 Å². The molecule has 1 aromatic heterocycles. The summed E-state index contributed by atoms with van der Waals surface area (Å²) >= 11 is 0.